The number of thioether (sulfide) groups is 1. The largest absolute Gasteiger partial charge is 0.325 e. The molecule has 6 nitrogen and oxygen atoms in total. The first-order valence-electron chi connectivity index (χ1n) is 8.79. The van der Waals surface area contributed by atoms with Gasteiger partial charge in [0.15, 0.2) is 5.82 Å². The fraction of sp³-hybridized carbons (Fsp3) is 0.0476. The first-order chi connectivity index (χ1) is 14.2. The van der Waals surface area contributed by atoms with Crippen molar-refractivity contribution in [2.45, 2.75) is 5.03 Å². The highest BCUT2D eigenvalue weighted by Gasteiger charge is 2.08. The number of hydrogen-bond acceptors (Lipinski definition) is 5. The second-order valence-electron chi connectivity index (χ2n) is 6.11. The van der Waals surface area contributed by atoms with Gasteiger partial charge in [-0.2, -0.15) is 0 Å². The second-order valence-corrected chi connectivity index (χ2v) is 7.10. The molecule has 0 aliphatic carbocycles. The van der Waals surface area contributed by atoms with Crippen molar-refractivity contribution in [1.29, 1.82) is 0 Å². The van der Waals surface area contributed by atoms with Crippen LogP contribution in [0.25, 0.3) is 17.1 Å². The van der Waals surface area contributed by atoms with E-state index in [2.05, 4.69) is 20.5 Å². The number of aromatic nitrogens is 4. The van der Waals surface area contributed by atoms with Gasteiger partial charge in [0.2, 0.25) is 5.91 Å². The van der Waals surface area contributed by atoms with Crippen molar-refractivity contribution < 1.29 is 9.18 Å². The summed E-state index contributed by atoms with van der Waals surface area (Å²) in [7, 11) is 0. The van der Waals surface area contributed by atoms with Crippen LogP contribution in [-0.2, 0) is 4.79 Å². The normalized spacial score (nSPS) is 10.7. The lowest BCUT2D eigenvalue weighted by atomic mass is 10.2. The van der Waals surface area contributed by atoms with Crippen LogP contribution in [0.5, 0.6) is 0 Å². The highest BCUT2D eigenvalue weighted by molar-refractivity contribution is 7.99. The standard InChI is InChI=1S/C21H16FN5OS/c22-16-6-8-17(9-7-16)24-20(28)13-29-21-11-10-19(25-26-21)27-12-18(23-14-27)15-4-2-1-3-5-15/h1-12,14H,13H2,(H,24,28). The highest BCUT2D eigenvalue weighted by atomic mass is 32.2. The molecule has 0 bridgehead atoms. The van der Waals surface area contributed by atoms with E-state index in [-0.39, 0.29) is 17.5 Å². The molecule has 4 rings (SSSR count). The van der Waals surface area contributed by atoms with Gasteiger partial charge in [0.1, 0.15) is 17.2 Å². The smallest absolute Gasteiger partial charge is 0.234 e. The molecule has 0 saturated heterocycles. The van der Waals surface area contributed by atoms with Crippen molar-refractivity contribution in [3.05, 3.63) is 85.1 Å². The van der Waals surface area contributed by atoms with Gasteiger partial charge in [-0.25, -0.2) is 9.37 Å². The second kappa shape index (κ2) is 8.66. The lowest BCUT2D eigenvalue weighted by Gasteiger charge is -2.05. The average molecular weight is 405 g/mol. The van der Waals surface area contributed by atoms with Crippen LogP contribution in [-0.4, -0.2) is 31.4 Å². The van der Waals surface area contributed by atoms with Gasteiger partial charge < -0.3 is 5.32 Å². The number of amides is 1. The minimum atomic E-state index is -0.346. The van der Waals surface area contributed by atoms with Crippen LogP contribution in [0.3, 0.4) is 0 Å². The van der Waals surface area contributed by atoms with Gasteiger partial charge in [0.05, 0.1) is 11.4 Å². The molecule has 0 atom stereocenters. The molecular weight excluding hydrogens is 389 g/mol. The maximum atomic E-state index is 12.9. The summed E-state index contributed by atoms with van der Waals surface area (Å²) in [6.07, 6.45) is 3.58. The fourth-order valence-corrected chi connectivity index (χ4v) is 3.22. The molecule has 0 radical (unpaired) electrons. The third-order valence-corrected chi connectivity index (χ3v) is 4.94. The van der Waals surface area contributed by atoms with Crippen LogP contribution in [0.2, 0.25) is 0 Å². The van der Waals surface area contributed by atoms with Crippen LogP contribution in [0.15, 0.2) is 84.3 Å². The summed E-state index contributed by atoms with van der Waals surface area (Å²) in [5, 5.41) is 11.7. The van der Waals surface area contributed by atoms with E-state index in [1.54, 1.807) is 17.0 Å². The maximum absolute atomic E-state index is 12.9. The number of halogens is 1. The fourth-order valence-electron chi connectivity index (χ4n) is 2.60. The van der Waals surface area contributed by atoms with Crippen LogP contribution < -0.4 is 5.32 Å². The van der Waals surface area contributed by atoms with E-state index in [4.69, 9.17) is 0 Å². The topological polar surface area (TPSA) is 72.7 Å². The lowest BCUT2D eigenvalue weighted by molar-refractivity contribution is -0.113. The minimum absolute atomic E-state index is 0.175. The number of imidazole rings is 1. The third-order valence-electron chi connectivity index (χ3n) is 4.02. The summed E-state index contributed by atoms with van der Waals surface area (Å²) in [5.41, 5.74) is 2.43. The quantitative estimate of drug-likeness (QED) is 0.487. The van der Waals surface area contributed by atoms with E-state index in [0.29, 0.717) is 16.5 Å². The lowest BCUT2D eigenvalue weighted by Crippen LogP contribution is -2.14. The Hall–Kier alpha value is -3.52. The van der Waals surface area contributed by atoms with Crippen molar-refractivity contribution in [2.24, 2.45) is 0 Å². The van der Waals surface area contributed by atoms with E-state index >= 15 is 0 Å². The molecule has 0 spiro atoms. The average Bonchev–Trinajstić information content (AvgIpc) is 3.25. The van der Waals surface area contributed by atoms with Gasteiger partial charge in [-0.05, 0) is 36.4 Å². The molecule has 2 aromatic heterocycles. The number of rotatable bonds is 6. The van der Waals surface area contributed by atoms with Crippen LogP contribution in [0.1, 0.15) is 0 Å². The van der Waals surface area contributed by atoms with Crippen molar-refractivity contribution >= 4 is 23.4 Å². The Bertz CT molecular complexity index is 1100. The van der Waals surface area contributed by atoms with Crippen molar-refractivity contribution in [3.63, 3.8) is 0 Å². The molecule has 0 aliphatic heterocycles. The number of hydrogen-bond donors (Lipinski definition) is 1. The van der Waals surface area contributed by atoms with Gasteiger partial charge in [-0.15, -0.1) is 10.2 Å². The first-order valence-corrected chi connectivity index (χ1v) is 9.78. The number of anilines is 1. The molecule has 2 aromatic carbocycles. The van der Waals surface area contributed by atoms with Crippen molar-refractivity contribution in [2.75, 3.05) is 11.1 Å². The molecule has 1 amide bonds. The summed E-state index contributed by atoms with van der Waals surface area (Å²) in [5.74, 6) is 0.269. The first kappa shape index (κ1) is 18.8. The zero-order valence-electron chi connectivity index (χ0n) is 15.2. The number of benzene rings is 2. The zero-order valence-corrected chi connectivity index (χ0v) is 16.0. The summed E-state index contributed by atoms with van der Waals surface area (Å²) in [6, 6.07) is 19.1. The Morgan fingerprint density at radius 1 is 1.00 bits per heavy atom. The third kappa shape index (κ3) is 4.85. The summed E-state index contributed by atoms with van der Waals surface area (Å²) < 4.78 is 14.7. The van der Waals surface area contributed by atoms with Crippen LogP contribution in [0.4, 0.5) is 10.1 Å². The molecule has 29 heavy (non-hydrogen) atoms. The minimum Gasteiger partial charge on any atom is -0.325 e. The van der Waals surface area contributed by atoms with Gasteiger partial charge in [0.25, 0.3) is 0 Å². The molecule has 144 valence electrons. The van der Waals surface area contributed by atoms with Gasteiger partial charge in [-0.1, -0.05) is 42.1 Å². The van der Waals surface area contributed by atoms with Gasteiger partial charge in [-0.3, -0.25) is 9.36 Å². The van der Waals surface area contributed by atoms with E-state index in [0.717, 1.165) is 11.3 Å². The maximum Gasteiger partial charge on any atom is 0.234 e. The summed E-state index contributed by atoms with van der Waals surface area (Å²) >= 11 is 1.27. The Morgan fingerprint density at radius 2 is 1.79 bits per heavy atom. The van der Waals surface area contributed by atoms with Crippen molar-refractivity contribution in [3.8, 4) is 17.1 Å². The SMILES string of the molecule is O=C(CSc1ccc(-n2cnc(-c3ccccc3)c2)nn1)Nc1ccc(F)cc1. The summed E-state index contributed by atoms with van der Waals surface area (Å²) in [6.45, 7) is 0. The number of carbonyl (C=O) groups excluding carboxylic acids is 1. The molecule has 1 N–H and O–H groups in total. The highest BCUT2D eigenvalue weighted by Crippen LogP contribution is 2.19. The Kier molecular flexibility index (Phi) is 5.62. The van der Waals surface area contributed by atoms with Crippen molar-refractivity contribution in [1.82, 2.24) is 19.7 Å². The number of nitrogens with one attached hydrogen (secondary N) is 1. The predicted octanol–water partition coefficient (Wildman–Crippen LogP) is 4.20. The van der Waals surface area contributed by atoms with E-state index in [1.165, 1.54) is 36.0 Å². The molecule has 4 aromatic rings. The van der Waals surface area contributed by atoms with Crippen LogP contribution >= 0.6 is 11.8 Å². The molecule has 0 saturated carbocycles. The molecule has 2 heterocycles. The van der Waals surface area contributed by atoms with Gasteiger partial charge in [0, 0.05) is 17.4 Å². The predicted molar refractivity (Wildman–Crippen MR) is 110 cm³/mol. The molecule has 8 heteroatoms. The number of nitrogens with zero attached hydrogens (tertiary/aromatic N) is 4. The number of carbonyl (C=O) groups is 1. The van der Waals surface area contributed by atoms with E-state index < -0.39 is 0 Å². The van der Waals surface area contributed by atoms with E-state index in [9.17, 15) is 9.18 Å². The Morgan fingerprint density at radius 3 is 2.52 bits per heavy atom. The molecule has 0 unspecified atom stereocenters. The van der Waals surface area contributed by atoms with Crippen LogP contribution in [0, 0.1) is 5.82 Å². The molecule has 0 aliphatic rings. The van der Waals surface area contributed by atoms with E-state index in [1.807, 2.05) is 42.6 Å². The molecule has 0 fully saturated rings. The Labute approximate surface area is 170 Å². The summed E-state index contributed by atoms with van der Waals surface area (Å²) in [4.78, 5) is 16.4. The van der Waals surface area contributed by atoms with Gasteiger partial charge >= 0.3 is 0 Å². The molecular formula is C21H16FN5OS. The monoisotopic (exact) mass is 405 g/mol. The zero-order chi connectivity index (χ0) is 20.1. The Balaban J connectivity index is 1.35.